The smallest absolute Gasteiger partial charge is 0.315 e. The molecule has 2 aliphatic carbocycles. The number of hydrazine groups is 1. The first-order valence-corrected chi connectivity index (χ1v) is 10.5. The monoisotopic (exact) mass is 423 g/mol. The van der Waals surface area contributed by atoms with Gasteiger partial charge in [-0.15, -0.1) is 0 Å². The van der Waals surface area contributed by atoms with Crippen LogP contribution in [0.15, 0.2) is 30.6 Å². The Kier molecular flexibility index (Phi) is 6.11. The van der Waals surface area contributed by atoms with Crippen molar-refractivity contribution in [3.8, 4) is 0 Å². The summed E-state index contributed by atoms with van der Waals surface area (Å²) in [5.74, 6) is -0.718. The third kappa shape index (κ3) is 5.36. The molecule has 0 spiro atoms. The van der Waals surface area contributed by atoms with Crippen LogP contribution in [0.2, 0.25) is 0 Å². The predicted octanol–water partition coefficient (Wildman–Crippen LogP) is 1.65. The number of esters is 1. The van der Waals surface area contributed by atoms with Crippen LogP contribution in [0.25, 0.3) is 0 Å². The fraction of sp³-hybridized carbons (Fsp3) is 0.409. The number of aromatic nitrogens is 2. The van der Waals surface area contributed by atoms with E-state index in [1.165, 1.54) is 41.9 Å². The summed E-state index contributed by atoms with van der Waals surface area (Å²) in [6.07, 6.45) is 6.73. The summed E-state index contributed by atoms with van der Waals surface area (Å²) in [5, 5.41) is 3.33. The van der Waals surface area contributed by atoms with Crippen LogP contribution in [0.5, 0.6) is 0 Å². The molecular formula is C22H25N5O4. The molecule has 2 aliphatic rings. The third-order valence-corrected chi connectivity index (χ3v) is 5.38. The van der Waals surface area contributed by atoms with Gasteiger partial charge in [-0.25, -0.2) is 9.97 Å². The van der Waals surface area contributed by atoms with Crippen molar-refractivity contribution >= 4 is 23.7 Å². The Morgan fingerprint density at radius 2 is 1.81 bits per heavy atom. The van der Waals surface area contributed by atoms with Crippen molar-refractivity contribution in [2.45, 2.75) is 51.0 Å². The number of rotatable bonds is 7. The lowest BCUT2D eigenvalue weighted by atomic mass is 10.0. The summed E-state index contributed by atoms with van der Waals surface area (Å²) >= 11 is 0. The molecule has 9 nitrogen and oxygen atoms in total. The lowest BCUT2D eigenvalue weighted by Gasteiger charge is -2.12. The molecule has 0 radical (unpaired) electrons. The number of hydrogen-bond acceptors (Lipinski definition) is 7. The van der Waals surface area contributed by atoms with E-state index in [0.717, 1.165) is 18.8 Å². The van der Waals surface area contributed by atoms with Crippen LogP contribution in [0.1, 0.15) is 59.2 Å². The highest BCUT2D eigenvalue weighted by atomic mass is 16.5. The highest BCUT2D eigenvalue weighted by Gasteiger charge is 2.27. The zero-order valence-corrected chi connectivity index (χ0v) is 17.3. The van der Waals surface area contributed by atoms with Crippen LogP contribution in [0.3, 0.4) is 0 Å². The second-order valence-corrected chi connectivity index (χ2v) is 7.83. The van der Waals surface area contributed by atoms with Crippen molar-refractivity contribution < 1.29 is 19.1 Å². The summed E-state index contributed by atoms with van der Waals surface area (Å²) < 4.78 is 4.67. The van der Waals surface area contributed by atoms with Crippen molar-refractivity contribution in [1.82, 2.24) is 20.8 Å². The largest absolute Gasteiger partial charge is 0.466 e. The van der Waals surface area contributed by atoms with Gasteiger partial charge in [-0.05, 0) is 55.2 Å². The number of hydrogen-bond donors (Lipinski definition) is 3. The predicted molar refractivity (Wildman–Crippen MR) is 112 cm³/mol. The van der Waals surface area contributed by atoms with Crippen LogP contribution in [0.4, 0.5) is 5.95 Å². The minimum atomic E-state index is -0.670. The van der Waals surface area contributed by atoms with E-state index in [2.05, 4.69) is 49.1 Å². The fourth-order valence-electron chi connectivity index (χ4n) is 3.70. The zero-order chi connectivity index (χ0) is 21.8. The number of nitrogens with zero attached hydrogens (tertiary/aromatic N) is 2. The van der Waals surface area contributed by atoms with Gasteiger partial charge < -0.3 is 10.1 Å². The molecule has 162 valence electrons. The average molecular weight is 423 g/mol. The van der Waals surface area contributed by atoms with Crippen molar-refractivity contribution in [1.29, 1.82) is 0 Å². The molecule has 2 amide bonds. The van der Waals surface area contributed by atoms with Gasteiger partial charge in [0.15, 0.2) is 0 Å². The number of ether oxygens (including phenoxy) is 1. The van der Waals surface area contributed by atoms with E-state index in [4.69, 9.17) is 0 Å². The lowest BCUT2D eigenvalue weighted by molar-refractivity contribution is -0.146. The molecule has 9 heteroatoms. The second-order valence-electron chi connectivity index (χ2n) is 7.83. The van der Waals surface area contributed by atoms with Gasteiger partial charge in [0.2, 0.25) is 11.9 Å². The van der Waals surface area contributed by atoms with Crippen molar-refractivity contribution in [3.05, 3.63) is 52.8 Å². The first-order chi connectivity index (χ1) is 15.0. The number of nitrogens with one attached hydrogen (secondary N) is 3. The number of anilines is 1. The van der Waals surface area contributed by atoms with Crippen LogP contribution >= 0.6 is 0 Å². The summed E-state index contributed by atoms with van der Waals surface area (Å²) in [5.41, 5.74) is 8.76. The number of amides is 2. The number of carbonyl (C=O) groups is 3. The van der Waals surface area contributed by atoms with E-state index in [9.17, 15) is 14.4 Å². The highest BCUT2D eigenvalue weighted by molar-refractivity contribution is 5.98. The van der Waals surface area contributed by atoms with E-state index in [0.29, 0.717) is 5.95 Å². The number of carbonyl (C=O) groups excluding carboxylic acids is 3. The number of benzene rings is 1. The Labute approximate surface area is 180 Å². The second kappa shape index (κ2) is 9.11. The molecule has 1 aromatic heterocycles. The van der Waals surface area contributed by atoms with Crippen molar-refractivity contribution in [2.24, 2.45) is 0 Å². The molecule has 4 rings (SSSR count). The number of fused-ring (bicyclic) bond motifs is 1. The Morgan fingerprint density at radius 3 is 2.52 bits per heavy atom. The van der Waals surface area contributed by atoms with E-state index in [1.807, 2.05) is 0 Å². The quantitative estimate of drug-likeness (QED) is 0.352. The molecule has 2 aromatic rings. The minimum absolute atomic E-state index is 0.185. The minimum Gasteiger partial charge on any atom is -0.466 e. The molecule has 1 saturated carbocycles. The Bertz CT molecular complexity index is 988. The maximum Gasteiger partial charge on any atom is 0.315 e. The van der Waals surface area contributed by atoms with Crippen molar-refractivity contribution in [2.75, 3.05) is 11.9 Å². The van der Waals surface area contributed by atoms with Gasteiger partial charge >= 0.3 is 5.97 Å². The highest BCUT2D eigenvalue weighted by Crippen LogP contribution is 2.41. The topological polar surface area (TPSA) is 122 Å². The molecule has 0 aliphatic heterocycles. The molecule has 1 atom stereocenters. The Morgan fingerprint density at radius 1 is 1.06 bits per heavy atom. The molecule has 1 fully saturated rings. The van der Waals surface area contributed by atoms with Gasteiger partial charge in [-0.1, -0.05) is 18.2 Å². The van der Waals surface area contributed by atoms with E-state index >= 15 is 0 Å². The van der Waals surface area contributed by atoms with Gasteiger partial charge in [0.25, 0.3) is 5.91 Å². The maximum atomic E-state index is 12.1. The van der Waals surface area contributed by atoms with Crippen LogP contribution < -0.4 is 16.2 Å². The van der Waals surface area contributed by atoms with Gasteiger partial charge in [0.05, 0.1) is 12.2 Å². The van der Waals surface area contributed by atoms with E-state index < -0.39 is 24.2 Å². The Hall–Kier alpha value is -3.49. The average Bonchev–Trinajstić information content (AvgIpc) is 3.52. The summed E-state index contributed by atoms with van der Waals surface area (Å²) in [7, 11) is 0. The van der Waals surface area contributed by atoms with E-state index in [-0.39, 0.29) is 18.2 Å². The lowest BCUT2D eigenvalue weighted by Crippen LogP contribution is -2.42. The summed E-state index contributed by atoms with van der Waals surface area (Å²) in [4.78, 5) is 43.4. The Balaban J connectivity index is 1.26. The van der Waals surface area contributed by atoms with Crippen molar-refractivity contribution in [3.63, 3.8) is 0 Å². The van der Waals surface area contributed by atoms with E-state index in [1.54, 1.807) is 6.92 Å². The van der Waals surface area contributed by atoms with Crippen LogP contribution in [0, 0.1) is 0 Å². The van der Waals surface area contributed by atoms with Gasteiger partial charge in [-0.2, -0.15) is 0 Å². The molecular weight excluding hydrogens is 398 g/mol. The SMILES string of the molecule is CCOC(=O)CC(=O)NNC(=O)c1cnc(NC2Cc3ccc(C4CC4)cc3C2)nc1. The van der Waals surface area contributed by atoms with Crippen LogP contribution in [-0.2, 0) is 27.2 Å². The molecule has 1 heterocycles. The van der Waals surface area contributed by atoms with Gasteiger partial charge in [-0.3, -0.25) is 25.2 Å². The first-order valence-electron chi connectivity index (χ1n) is 10.5. The standard InChI is InChI=1S/C22H25N5O4/c1-2-31-20(29)10-19(28)26-27-21(30)17-11-23-22(24-12-17)25-18-8-15-6-5-14(13-3-4-13)7-16(15)9-18/h5-7,11-13,18H,2-4,8-10H2,1H3,(H,26,28)(H,27,30)(H,23,24,25). The van der Waals surface area contributed by atoms with Gasteiger partial charge in [0, 0.05) is 18.4 Å². The molecule has 1 aromatic carbocycles. The molecule has 0 bridgehead atoms. The third-order valence-electron chi connectivity index (χ3n) is 5.38. The summed E-state index contributed by atoms with van der Waals surface area (Å²) in [6.45, 7) is 1.83. The zero-order valence-electron chi connectivity index (χ0n) is 17.3. The van der Waals surface area contributed by atoms with Crippen LogP contribution in [-0.4, -0.2) is 40.4 Å². The first kappa shape index (κ1) is 20.8. The van der Waals surface area contributed by atoms with Gasteiger partial charge in [0.1, 0.15) is 6.42 Å². The normalized spacial score (nSPS) is 16.9. The molecule has 3 N–H and O–H groups in total. The fourth-order valence-corrected chi connectivity index (χ4v) is 3.70. The summed E-state index contributed by atoms with van der Waals surface area (Å²) in [6, 6.07) is 7.02. The molecule has 1 unspecified atom stereocenters. The maximum absolute atomic E-state index is 12.1. The molecule has 31 heavy (non-hydrogen) atoms. The molecule has 0 saturated heterocycles.